The Labute approximate surface area is 73.4 Å². The van der Waals surface area contributed by atoms with E-state index in [1.54, 1.807) is 6.08 Å². The minimum absolute atomic E-state index is 0.309. The van der Waals surface area contributed by atoms with Crippen LogP contribution < -0.4 is 0 Å². The van der Waals surface area contributed by atoms with Crippen LogP contribution in [0.4, 0.5) is 0 Å². The Hall–Kier alpha value is -1.29. The molecule has 1 unspecified atom stereocenters. The molecule has 0 aliphatic carbocycles. The van der Waals surface area contributed by atoms with E-state index in [-0.39, 0.29) is 5.91 Å². The molecular formula is C7H4ClN3O. The number of amides is 1. The molecule has 2 aliphatic rings. The Bertz CT molecular complexity index is 354. The zero-order valence-electron chi connectivity index (χ0n) is 5.94. The first-order valence-electron chi connectivity index (χ1n) is 3.31. The average Bonchev–Trinajstić information content (AvgIpc) is 2.07. The normalized spacial score (nSPS) is 26.4. The molecule has 0 radical (unpaired) electrons. The predicted octanol–water partition coefficient (Wildman–Crippen LogP) is 0.572. The molecule has 0 bridgehead atoms. The number of halogens is 1. The van der Waals surface area contributed by atoms with Crippen molar-refractivity contribution in [2.45, 2.75) is 5.50 Å². The van der Waals surface area contributed by atoms with Gasteiger partial charge in [0, 0.05) is 0 Å². The third-order valence-corrected chi connectivity index (χ3v) is 1.76. The molecule has 60 valence electrons. The van der Waals surface area contributed by atoms with Gasteiger partial charge in [-0.15, -0.1) is 0 Å². The van der Waals surface area contributed by atoms with Crippen LogP contribution in [0.25, 0.3) is 0 Å². The number of hydrogen-bond donors (Lipinski definition) is 0. The molecule has 0 aromatic heterocycles. The van der Waals surface area contributed by atoms with Crippen LogP contribution in [-0.2, 0) is 4.79 Å². The van der Waals surface area contributed by atoms with Gasteiger partial charge in [0.1, 0.15) is 11.8 Å². The van der Waals surface area contributed by atoms with E-state index in [0.717, 1.165) is 0 Å². The number of rotatable bonds is 0. The van der Waals surface area contributed by atoms with Gasteiger partial charge in [0.15, 0.2) is 0 Å². The summed E-state index contributed by atoms with van der Waals surface area (Å²) in [5.41, 5.74) is 0.496. The van der Waals surface area contributed by atoms with Crippen LogP contribution in [0.15, 0.2) is 26.6 Å². The molecule has 2 heterocycles. The van der Waals surface area contributed by atoms with Crippen LogP contribution in [0.5, 0.6) is 0 Å². The second kappa shape index (κ2) is 2.64. The van der Waals surface area contributed by atoms with Crippen LogP contribution in [0.1, 0.15) is 0 Å². The number of alkyl halides is 1. The van der Waals surface area contributed by atoms with Gasteiger partial charge in [-0.25, -0.2) is 4.99 Å². The van der Waals surface area contributed by atoms with E-state index in [0.29, 0.717) is 11.3 Å². The van der Waals surface area contributed by atoms with Crippen LogP contribution in [-0.4, -0.2) is 29.7 Å². The van der Waals surface area contributed by atoms with Crippen LogP contribution in [0, 0.1) is 0 Å². The monoisotopic (exact) mass is 181 g/mol. The fraction of sp³-hybridized carbons (Fsp3) is 0.143. The van der Waals surface area contributed by atoms with E-state index in [4.69, 9.17) is 11.6 Å². The fourth-order valence-electron chi connectivity index (χ4n) is 0.974. The molecular weight excluding hydrogens is 178 g/mol. The summed E-state index contributed by atoms with van der Waals surface area (Å²) in [6.07, 6.45) is 4.24. The third kappa shape index (κ3) is 1.10. The van der Waals surface area contributed by atoms with Crippen molar-refractivity contribution >= 4 is 35.8 Å². The number of carbonyl (C=O) groups excluding carboxylic acids is 1. The molecule has 12 heavy (non-hydrogen) atoms. The Morgan fingerprint density at radius 1 is 1.50 bits per heavy atom. The van der Waals surface area contributed by atoms with E-state index in [1.165, 1.54) is 12.6 Å². The third-order valence-electron chi connectivity index (χ3n) is 1.52. The zero-order valence-corrected chi connectivity index (χ0v) is 6.69. The molecule has 4 nitrogen and oxygen atoms in total. The van der Waals surface area contributed by atoms with Gasteiger partial charge in [-0.05, 0) is 6.08 Å². The van der Waals surface area contributed by atoms with Crippen LogP contribution in [0.2, 0.25) is 0 Å². The molecule has 0 aromatic rings. The molecule has 0 saturated heterocycles. The molecule has 2 rings (SSSR count). The van der Waals surface area contributed by atoms with Crippen molar-refractivity contribution in [2.75, 3.05) is 0 Å². The first-order chi connectivity index (χ1) is 5.77. The van der Waals surface area contributed by atoms with E-state index >= 15 is 0 Å². The van der Waals surface area contributed by atoms with Crippen molar-refractivity contribution in [2.24, 2.45) is 15.0 Å². The maximum absolute atomic E-state index is 11.1. The maximum atomic E-state index is 11.1. The fourth-order valence-corrected chi connectivity index (χ4v) is 1.16. The summed E-state index contributed by atoms with van der Waals surface area (Å²) in [6, 6.07) is 0. The summed E-state index contributed by atoms with van der Waals surface area (Å²) < 4.78 is 0. The number of carbonyl (C=O) groups is 1. The lowest BCUT2D eigenvalue weighted by Gasteiger charge is -2.11. The van der Waals surface area contributed by atoms with E-state index in [2.05, 4.69) is 15.0 Å². The highest BCUT2D eigenvalue weighted by Gasteiger charge is 2.20. The number of fused-ring (bicyclic) bond motifs is 1. The highest BCUT2D eigenvalue weighted by molar-refractivity contribution is 6.49. The van der Waals surface area contributed by atoms with Crippen LogP contribution in [0.3, 0.4) is 0 Å². The van der Waals surface area contributed by atoms with Crippen LogP contribution >= 0.6 is 11.6 Å². The smallest absolute Gasteiger partial charge is 0.267 e. The largest absolute Gasteiger partial charge is 0.280 e. The molecule has 0 fully saturated rings. The zero-order chi connectivity index (χ0) is 8.55. The summed E-state index contributed by atoms with van der Waals surface area (Å²) in [6.45, 7) is 0. The standard InChI is InChI=1S/C7H4ClN3O/c8-6-1-4-5(2-9-6)10-3-11-7(4)12/h1-3,6H. The number of nitrogens with zero attached hydrogens (tertiary/aromatic N) is 3. The summed E-state index contributed by atoms with van der Waals surface area (Å²) in [5, 5.41) is 0. The van der Waals surface area contributed by atoms with Crippen molar-refractivity contribution in [3.05, 3.63) is 11.6 Å². The number of aliphatic imine (C=N–C) groups is 3. The van der Waals surface area contributed by atoms with Gasteiger partial charge in [0.2, 0.25) is 0 Å². The molecule has 1 atom stereocenters. The maximum Gasteiger partial charge on any atom is 0.280 e. The molecule has 1 amide bonds. The van der Waals surface area contributed by atoms with Gasteiger partial charge in [-0.3, -0.25) is 9.79 Å². The quantitative estimate of drug-likeness (QED) is 0.398. The lowest BCUT2D eigenvalue weighted by Crippen LogP contribution is -2.21. The van der Waals surface area contributed by atoms with Crippen molar-refractivity contribution in [3.8, 4) is 0 Å². The van der Waals surface area contributed by atoms with Gasteiger partial charge >= 0.3 is 0 Å². The van der Waals surface area contributed by atoms with E-state index in [1.807, 2.05) is 0 Å². The van der Waals surface area contributed by atoms with Gasteiger partial charge in [-0.2, -0.15) is 4.99 Å². The summed E-state index contributed by atoms with van der Waals surface area (Å²) in [7, 11) is 0. The molecule has 5 heteroatoms. The summed E-state index contributed by atoms with van der Waals surface area (Å²) in [4.78, 5) is 22.3. The second-order valence-electron chi connectivity index (χ2n) is 2.30. The molecule has 0 N–H and O–H groups in total. The van der Waals surface area contributed by atoms with Crippen molar-refractivity contribution < 1.29 is 4.79 Å². The summed E-state index contributed by atoms with van der Waals surface area (Å²) >= 11 is 5.67. The van der Waals surface area contributed by atoms with Crippen molar-refractivity contribution in [3.63, 3.8) is 0 Å². The molecule has 2 aliphatic heterocycles. The lowest BCUT2D eigenvalue weighted by atomic mass is 10.1. The molecule has 0 spiro atoms. The minimum atomic E-state index is -0.476. The Morgan fingerprint density at radius 3 is 3.17 bits per heavy atom. The topological polar surface area (TPSA) is 54.1 Å². The molecule has 0 aromatic carbocycles. The van der Waals surface area contributed by atoms with E-state index < -0.39 is 5.50 Å². The molecule has 0 saturated carbocycles. The summed E-state index contributed by atoms with van der Waals surface area (Å²) in [5.74, 6) is -0.309. The highest BCUT2D eigenvalue weighted by atomic mass is 35.5. The SMILES string of the molecule is O=C1N=CN=C2C=NC(Cl)C=C12. The Morgan fingerprint density at radius 2 is 2.33 bits per heavy atom. The predicted molar refractivity (Wildman–Crippen MR) is 47.2 cm³/mol. The average molecular weight is 182 g/mol. The van der Waals surface area contributed by atoms with Crippen molar-refractivity contribution in [1.82, 2.24) is 0 Å². The van der Waals surface area contributed by atoms with Gasteiger partial charge in [0.25, 0.3) is 5.91 Å². The van der Waals surface area contributed by atoms with Gasteiger partial charge in [0.05, 0.1) is 17.5 Å². The first kappa shape index (κ1) is 7.36. The lowest BCUT2D eigenvalue weighted by molar-refractivity contribution is -0.113. The van der Waals surface area contributed by atoms with Crippen molar-refractivity contribution in [1.29, 1.82) is 0 Å². The van der Waals surface area contributed by atoms with Gasteiger partial charge in [-0.1, -0.05) is 11.6 Å². The number of dihydropyridines is 1. The Kier molecular flexibility index (Phi) is 1.62. The van der Waals surface area contributed by atoms with Gasteiger partial charge < -0.3 is 0 Å². The minimum Gasteiger partial charge on any atom is -0.267 e. The highest BCUT2D eigenvalue weighted by Crippen LogP contribution is 2.14. The second-order valence-corrected chi connectivity index (χ2v) is 2.74. The Balaban J connectivity index is 2.46. The first-order valence-corrected chi connectivity index (χ1v) is 3.75. The number of hydrogen-bond acceptors (Lipinski definition) is 3. The van der Waals surface area contributed by atoms with E-state index in [9.17, 15) is 4.79 Å².